The zero-order valence-electron chi connectivity index (χ0n) is 5.98. The first kappa shape index (κ1) is 5.05. The molecule has 0 amide bonds. The predicted molar refractivity (Wildman–Crippen MR) is 39.0 cm³/mol. The van der Waals surface area contributed by atoms with Crippen LogP contribution in [-0.2, 0) is 0 Å². The molecule has 2 bridgehead atoms. The van der Waals surface area contributed by atoms with Crippen LogP contribution in [-0.4, -0.2) is 6.67 Å². The Labute approximate surface area is 60.7 Å². The molecule has 2 unspecified atom stereocenters. The van der Waals surface area contributed by atoms with Gasteiger partial charge in [-0.15, -0.1) is 0 Å². The van der Waals surface area contributed by atoms with Crippen molar-refractivity contribution in [2.24, 2.45) is 11.8 Å². The lowest BCUT2D eigenvalue weighted by molar-refractivity contribution is 0.583. The summed E-state index contributed by atoms with van der Waals surface area (Å²) < 4.78 is 0. The highest BCUT2D eigenvalue weighted by atomic mass is 15.2. The fraction of sp³-hybridized carbons (Fsp3) is 0.750. The van der Waals surface area contributed by atoms with Crippen molar-refractivity contribution < 1.29 is 0 Å². The number of fused-ring (bicyclic) bond motifs is 4. The molecular formula is C8H12N2. The second-order valence-corrected chi connectivity index (χ2v) is 3.56. The average molecular weight is 136 g/mol. The molecule has 0 aromatic carbocycles. The predicted octanol–water partition coefficient (Wildman–Crippen LogP) is 0.778. The summed E-state index contributed by atoms with van der Waals surface area (Å²) >= 11 is 0. The van der Waals surface area contributed by atoms with Gasteiger partial charge in [0.25, 0.3) is 0 Å². The molecule has 0 aromatic rings. The van der Waals surface area contributed by atoms with Crippen molar-refractivity contribution in [3.8, 4) is 0 Å². The van der Waals surface area contributed by atoms with E-state index in [0.717, 1.165) is 18.5 Å². The topological polar surface area (TPSA) is 24.1 Å². The van der Waals surface area contributed by atoms with E-state index in [1.165, 1.54) is 19.3 Å². The highest BCUT2D eigenvalue weighted by Crippen LogP contribution is 2.47. The maximum atomic E-state index is 3.42. The number of hydrogen-bond donors (Lipinski definition) is 2. The zero-order valence-corrected chi connectivity index (χ0v) is 5.98. The maximum Gasteiger partial charge on any atom is 0.0845 e. The van der Waals surface area contributed by atoms with Crippen LogP contribution >= 0.6 is 0 Å². The third kappa shape index (κ3) is 0.425. The molecule has 2 N–H and O–H groups in total. The second kappa shape index (κ2) is 1.49. The van der Waals surface area contributed by atoms with Gasteiger partial charge in [-0.2, -0.15) is 0 Å². The Morgan fingerprint density at radius 2 is 1.60 bits per heavy atom. The fourth-order valence-electron chi connectivity index (χ4n) is 2.66. The van der Waals surface area contributed by atoms with E-state index in [1.54, 1.807) is 11.4 Å². The van der Waals surface area contributed by atoms with E-state index in [2.05, 4.69) is 10.6 Å². The van der Waals surface area contributed by atoms with E-state index in [4.69, 9.17) is 0 Å². The Kier molecular flexibility index (Phi) is 0.755. The van der Waals surface area contributed by atoms with Crippen molar-refractivity contribution >= 4 is 0 Å². The van der Waals surface area contributed by atoms with Crippen molar-refractivity contribution in [1.29, 1.82) is 0 Å². The quantitative estimate of drug-likeness (QED) is 0.514. The van der Waals surface area contributed by atoms with Crippen LogP contribution in [0.3, 0.4) is 0 Å². The third-order valence-corrected chi connectivity index (χ3v) is 3.10. The molecule has 10 heavy (non-hydrogen) atoms. The molecule has 0 radical (unpaired) electrons. The van der Waals surface area contributed by atoms with E-state index in [1.807, 2.05) is 0 Å². The van der Waals surface area contributed by atoms with Gasteiger partial charge >= 0.3 is 0 Å². The molecule has 1 fully saturated rings. The van der Waals surface area contributed by atoms with Crippen molar-refractivity contribution in [3.05, 3.63) is 11.4 Å². The van der Waals surface area contributed by atoms with Crippen LogP contribution < -0.4 is 10.6 Å². The summed E-state index contributed by atoms with van der Waals surface area (Å²) in [4.78, 5) is 0. The fourth-order valence-corrected chi connectivity index (χ4v) is 2.66. The van der Waals surface area contributed by atoms with Crippen LogP contribution in [0.4, 0.5) is 0 Å². The van der Waals surface area contributed by atoms with E-state index >= 15 is 0 Å². The molecule has 0 aromatic heterocycles. The first-order chi connectivity index (χ1) is 4.95. The minimum Gasteiger partial charge on any atom is -0.370 e. The van der Waals surface area contributed by atoms with Crippen LogP contribution in [0.1, 0.15) is 19.3 Å². The van der Waals surface area contributed by atoms with Gasteiger partial charge in [0, 0.05) is 23.2 Å². The molecule has 2 nitrogen and oxygen atoms in total. The van der Waals surface area contributed by atoms with Gasteiger partial charge in [0.2, 0.25) is 0 Å². The van der Waals surface area contributed by atoms with Gasteiger partial charge < -0.3 is 10.6 Å². The van der Waals surface area contributed by atoms with Gasteiger partial charge in [-0.05, 0) is 19.3 Å². The zero-order chi connectivity index (χ0) is 6.55. The van der Waals surface area contributed by atoms with E-state index < -0.39 is 0 Å². The Morgan fingerprint density at radius 3 is 2.20 bits per heavy atom. The van der Waals surface area contributed by atoms with Crippen LogP contribution in [0.25, 0.3) is 0 Å². The van der Waals surface area contributed by atoms with Gasteiger partial charge in [-0.3, -0.25) is 0 Å². The summed E-state index contributed by atoms with van der Waals surface area (Å²) in [5, 5.41) is 6.84. The molecule has 2 atom stereocenters. The lowest BCUT2D eigenvalue weighted by atomic mass is 10.0. The minimum atomic E-state index is 0.898. The lowest BCUT2D eigenvalue weighted by Crippen LogP contribution is -2.19. The molecule has 3 rings (SSSR count). The van der Waals surface area contributed by atoms with Gasteiger partial charge in [0.15, 0.2) is 0 Å². The molecule has 54 valence electrons. The molecule has 1 heterocycles. The van der Waals surface area contributed by atoms with Gasteiger partial charge in [-0.1, -0.05) is 0 Å². The molecule has 1 saturated carbocycles. The van der Waals surface area contributed by atoms with Crippen molar-refractivity contribution in [2.45, 2.75) is 19.3 Å². The van der Waals surface area contributed by atoms with E-state index in [0.29, 0.717) is 0 Å². The highest BCUT2D eigenvalue weighted by Gasteiger charge is 2.40. The van der Waals surface area contributed by atoms with Crippen LogP contribution in [0.2, 0.25) is 0 Å². The summed E-state index contributed by atoms with van der Waals surface area (Å²) in [7, 11) is 0. The lowest BCUT2D eigenvalue weighted by Gasteiger charge is -2.10. The van der Waals surface area contributed by atoms with Gasteiger partial charge in [0.05, 0.1) is 6.67 Å². The van der Waals surface area contributed by atoms with Crippen molar-refractivity contribution in [1.82, 2.24) is 10.6 Å². The first-order valence-corrected chi connectivity index (χ1v) is 4.17. The van der Waals surface area contributed by atoms with Crippen LogP contribution in [0.15, 0.2) is 11.4 Å². The van der Waals surface area contributed by atoms with Gasteiger partial charge in [0.1, 0.15) is 0 Å². The number of nitrogens with one attached hydrogen (secondary N) is 2. The molecule has 0 spiro atoms. The van der Waals surface area contributed by atoms with E-state index in [-0.39, 0.29) is 0 Å². The van der Waals surface area contributed by atoms with E-state index in [9.17, 15) is 0 Å². The van der Waals surface area contributed by atoms with Crippen LogP contribution in [0.5, 0.6) is 0 Å². The Hall–Kier alpha value is -0.660. The monoisotopic (exact) mass is 136 g/mol. The maximum absolute atomic E-state index is 3.42. The van der Waals surface area contributed by atoms with Crippen molar-refractivity contribution in [2.75, 3.05) is 6.67 Å². The summed E-state index contributed by atoms with van der Waals surface area (Å²) in [6.07, 6.45) is 4.28. The Balaban J connectivity index is 2.06. The van der Waals surface area contributed by atoms with Gasteiger partial charge in [-0.25, -0.2) is 0 Å². The summed E-state index contributed by atoms with van der Waals surface area (Å²) in [6, 6.07) is 0. The second-order valence-electron chi connectivity index (χ2n) is 3.56. The first-order valence-electron chi connectivity index (χ1n) is 4.17. The normalized spacial score (nSPS) is 41.6. The summed E-state index contributed by atoms with van der Waals surface area (Å²) in [5.41, 5.74) is 3.10. The highest BCUT2D eigenvalue weighted by molar-refractivity contribution is 5.29. The molecule has 1 aliphatic heterocycles. The number of hydrogen-bond acceptors (Lipinski definition) is 2. The molecular weight excluding hydrogens is 124 g/mol. The Bertz CT molecular complexity index is 187. The molecule has 3 aliphatic rings. The number of allylic oxidation sites excluding steroid dienone is 2. The Morgan fingerprint density at radius 1 is 1.00 bits per heavy atom. The molecule has 2 aliphatic carbocycles. The van der Waals surface area contributed by atoms with Crippen LogP contribution in [0, 0.1) is 11.8 Å². The third-order valence-electron chi connectivity index (χ3n) is 3.10. The molecule has 0 saturated heterocycles. The average Bonchev–Trinajstić information content (AvgIpc) is 2.60. The number of rotatable bonds is 0. The standard InChI is InChI=1S/C8H12N2/c1-2-6-3-5(1)7-8(6)10-4-9-7/h5-6,9-10H,1-4H2. The van der Waals surface area contributed by atoms with Crippen molar-refractivity contribution in [3.63, 3.8) is 0 Å². The smallest absolute Gasteiger partial charge is 0.0845 e. The summed E-state index contributed by atoms with van der Waals surface area (Å²) in [6.45, 7) is 0.984. The minimum absolute atomic E-state index is 0.898. The SMILES string of the molecule is C1NC2=C(N1)C1CCC2C1. The summed E-state index contributed by atoms with van der Waals surface area (Å²) in [5.74, 6) is 1.80. The largest absolute Gasteiger partial charge is 0.370 e. The molecule has 2 heteroatoms.